The molecule has 0 aliphatic carbocycles. The summed E-state index contributed by atoms with van der Waals surface area (Å²) in [5.41, 5.74) is 2.16. The molecule has 2 aliphatic heterocycles. The molecule has 0 unspecified atom stereocenters. The van der Waals surface area contributed by atoms with Crippen LogP contribution in [0.3, 0.4) is 0 Å². The topological polar surface area (TPSA) is 63.1 Å². The second-order valence-electron chi connectivity index (χ2n) is 7.11. The number of carbonyl (C=O) groups excluding carboxylic acids is 1. The zero-order valence-electron chi connectivity index (χ0n) is 14.2. The fraction of sp³-hybridized carbons (Fsp3) is 0.588. The summed E-state index contributed by atoms with van der Waals surface area (Å²) < 4.78 is 1.77. The first-order chi connectivity index (χ1) is 11.5. The Hall–Kier alpha value is -1.73. The lowest BCUT2D eigenvalue weighted by Crippen LogP contribution is -2.50. The van der Waals surface area contributed by atoms with Gasteiger partial charge in [0.15, 0.2) is 0 Å². The maximum absolute atomic E-state index is 12.5. The zero-order chi connectivity index (χ0) is 16.7. The molecule has 0 bridgehead atoms. The van der Waals surface area contributed by atoms with Crippen LogP contribution in [0, 0.1) is 6.92 Å². The van der Waals surface area contributed by atoms with Gasteiger partial charge in [0, 0.05) is 49.4 Å². The van der Waals surface area contributed by atoms with E-state index >= 15 is 0 Å². The van der Waals surface area contributed by atoms with E-state index in [4.69, 9.17) is 0 Å². The van der Waals surface area contributed by atoms with E-state index in [0.717, 1.165) is 55.2 Å². The first-order valence-corrected chi connectivity index (χ1v) is 9.35. The standard InChI is InChI=1S/C17H23N5OS/c1-12-19-14(11-24-12)10-22-5-3-17(4-6-22)7-15(16(23)20-17)13-8-18-21(2)9-13/h8-9,11,15H,3-7,10H2,1-2H3,(H,20,23)/t15-/m1/s1. The quantitative estimate of drug-likeness (QED) is 0.922. The molecule has 1 atom stereocenters. The van der Waals surface area contributed by atoms with E-state index in [1.54, 1.807) is 16.0 Å². The largest absolute Gasteiger partial charge is 0.350 e. The molecule has 24 heavy (non-hydrogen) atoms. The third-order valence-corrected chi connectivity index (χ3v) is 6.11. The number of hydrogen-bond acceptors (Lipinski definition) is 5. The average Bonchev–Trinajstić information content (AvgIpc) is 3.23. The van der Waals surface area contributed by atoms with Crippen molar-refractivity contribution in [3.63, 3.8) is 0 Å². The molecular formula is C17H23N5OS. The van der Waals surface area contributed by atoms with Crippen molar-refractivity contribution >= 4 is 17.2 Å². The molecule has 1 spiro atoms. The molecule has 2 aliphatic rings. The molecule has 0 radical (unpaired) electrons. The molecule has 0 saturated carbocycles. The van der Waals surface area contributed by atoms with Crippen LogP contribution >= 0.6 is 11.3 Å². The number of aryl methyl sites for hydroxylation is 2. The van der Waals surface area contributed by atoms with Crippen molar-refractivity contribution in [2.75, 3.05) is 13.1 Å². The Morgan fingerprint density at radius 3 is 2.83 bits per heavy atom. The van der Waals surface area contributed by atoms with Crippen molar-refractivity contribution in [1.82, 2.24) is 25.0 Å². The van der Waals surface area contributed by atoms with Crippen LogP contribution in [0.2, 0.25) is 0 Å². The van der Waals surface area contributed by atoms with E-state index in [9.17, 15) is 4.79 Å². The molecule has 1 amide bonds. The Morgan fingerprint density at radius 1 is 1.42 bits per heavy atom. The van der Waals surface area contributed by atoms with Crippen molar-refractivity contribution in [2.24, 2.45) is 7.05 Å². The van der Waals surface area contributed by atoms with E-state index in [-0.39, 0.29) is 17.4 Å². The van der Waals surface area contributed by atoms with Crippen molar-refractivity contribution in [3.8, 4) is 0 Å². The predicted molar refractivity (Wildman–Crippen MR) is 92.8 cm³/mol. The van der Waals surface area contributed by atoms with Crippen molar-refractivity contribution in [2.45, 2.75) is 44.2 Å². The van der Waals surface area contributed by atoms with E-state index in [0.29, 0.717) is 0 Å². The molecule has 6 nitrogen and oxygen atoms in total. The normalized spacial score (nSPS) is 23.8. The molecule has 4 rings (SSSR count). The Kier molecular flexibility index (Phi) is 3.92. The third kappa shape index (κ3) is 2.98. The fourth-order valence-electron chi connectivity index (χ4n) is 3.95. The van der Waals surface area contributed by atoms with Gasteiger partial charge in [-0.05, 0) is 26.2 Å². The molecule has 4 heterocycles. The van der Waals surface area contributed by atoms with Crippen molar-refractivity contribution in [3.05, 3.63) is 34.0 Å². The molecule has 7 heteroatoms. The molecular weight excluding hydrogens is 322 g/mol. The van der Waals surface area contributed by atoms with Gasteiger partial charge in [0.2, 0.25) is 5.91 Å². The number of amides is 1. The highest BCUT2D eigenvalue weighted by Gasteiger charge is 2.46. The Morgan fingerprint density at radius 2 is 2.21 bits per heavy atom. The summed E-state index contributed by atoms with van der Waals surface area (Å²) in [7, 11) is 1.89. The van der Waals surface area contributed by atoms with Crippen LogP contribution < -0.4 is 5.32 Å². The van der Waals surface area contributed by atoms with Crippen LogP contribution in [0.4, 0.5) is 0 Å². The van der Waals surface area contributed by atoms with Gasteiger partial charge in [-0.25, -0.2) is 4.98 Å². The Balaban J connectivity index is 1.39. The lowest BCUT2D eigenvalue weighted by Gasteiger charge is -2.39. The van der Waals surface area contributed by atoms with Crippen LogP contribution in [0.1, 0.15) is 41.4 Å². The number of aromatic nitrogens is 3. The van der Waals surface area contributed by atoms with Gasteiger partial charge in [0.1, 0.15) is 0 Å². The van der Waals surface area contributed by atoms with E-state index in [1.165, 1.54) is 0 Å². The van der Waals surface area contributed by atoms with Gasteiger partial charge >= 0.3 is 0 Å². The van der Waals surface area contributed by atoms with Gasteiger partial charge in [0.25, 0.3) is 0 Å². The minimum atomic E-state index is -0.0496. The van der Waals surface area contributed by atoms with Gasteiger partial charge in [-0.3, -0.25) is 14.4 Å². The van der Waals surface area contributed by atoms with Crippen molar-refractivity contribution in [1.29, 1.82) is 0 Å². The number of carbonyl (C=O) groups is 1. The van der Waals surface area contributed by atoms with Gasteiger partial charge < -0.3 is 5.32 Å². The highest BCUT2D eigenvalue weighted by molar-refractivity contribution is 7.09. The lowest BCUT2D eigenvalue weighted by molar-refractivity contribution is -0.121. The maximum atomic E-state index is 12.5. The number of nitrogens with one attached hydrogen (secondary N) is 1. The first-order valence-electron chi connectivity index (χ1n) is 8.47. The summed E-state index contributed by atoms with van der Waals surface area (Å²) in [6.07, 6.45) is 6.70. The second kappa shape index (κ2) is 5.97. The molecule has 2 aromatic heterocycles. The molecule has 2 aromatic rings. The number of hydrogen-bond donors (Lipinski definition) is 1. The molecule has 128 valence electrons. The van der Waals surface area contributed by atoms with E-state index in [2.05, 4.69) is 25.7 Å². The van der Waals surface area contributed by atoms with Gasteiger partial charge in [-0.2, -0.15) is 5.10 Å². The highest BCUT2D eigenvalue weighted by Crippen LogP contribution is 2.39. The summed E-state index contributed by atoms with van der Waals surface area (Å²) >= 11 is 1.71. The Labute approximate surface area is 145 Å². The number of piperidine rings is 1. The van der Waals surface area contributed by atoms with Crippen molar-refractivity contribution < 1.29 is 4.79 Å². The monoisotopic (exact) mass is 345 g/mol. The summed E-state index contributed by atoms with van der Waals surface area (Å²) in [5.74, 6) is 0.109. The van der Waals surface area contributed by atoms with Gasteiger partial charge in [0.05, 0.1) is 22.8 Å². The van der Waals surface area contributed by atoms with Crippen LogP contribution in [0.5, 0.6) is 0 Å². The smallest absolute Gasteiger partial charge is 0.228 e. The summed E-state index contributed by atoms with van der Waals surface area (Å²) in [4.78, 5) is 19.5. The summed E-state index contributed by atoms with van der Waals surface area (Å²) in [6.45, 7) is 4.99. The van der Waals surface area contributed by atoms with Gasteiger partial charge in [-0.15, -0.1) is 11.3 Å². The average molecular weight is 345 g/mol. The number of likely N-dealkylation sites (tertiary alicyclic amines) is 1. The summed E-state index contributed by atoms with van der Waals surface area (Å²) in [5, 5.41) is 10.8. The van der Waals surface area contributed by atoms with Gasteiger partial charge in [-0.1, -0.05) is 0 Å². The predicted octanol–water partition coefficient (Wildman–Crippen LogP) is 1.82. The van der Waals surface area contributed by atoms with E-state index < -0.39 is 0 Å². The lowest BCUT2D eigenvalue weighted by atomic mass is 9.82. The number of rotatable bonds is 3. The molecule has 1 N–H and O–H groups in total. The van der Waals surface area contributed by atoms with Crippen LogP contribution in [0.15, 0.2) is 17.8 Å². The minimum Gasteiger partial charge on any atom is -0.350 e. The minimum absolute atomic E-state index is 0.0356. The van der Waals surface area contributed by atoms with Crippen LogP contribution in [-0.2, 0) is 18.4 Å². The van der Waals surface area contributed by atoms with E-state index in [1.807, 2.05) is 26.4 Å². The third-order valence-electron chi connectivity index (χ3n) is 5.29. The fourth-order valence-corrected chi connectivity index (χ4v) is 4.55. The second-order valence-corrected chi connectivity index (χ2v) is 8.17. The number of thiazole rings is 1. The molecule has 2 fully saturated rings. The highest BCUT2D eigenvalue weighted by atomic mass is 32.1. The summed E-state index contributed by atoms with van der Waals surface area (Å²) in [6, 6.07) is 0. The number of nitrogens with zero attached hydrogens (tertiary/aromatic N) is 4. The Bertz CT molecular complexity index is 744. The van der Waals surface area contributed by atoms with Crippen LogP contribution in [0.25, 0.3) is 0 Å². The maximum Gasteiger partial charge on any atom is 0.228 e. The first kappa shape index (κ1) is 15.8. The SMILES string of the molecule is Cc1nc(CN2CCC3(CC2)C[C@H](c2cnn(C)c2)C(=O)N3)cs1. The molecule has 2 saturated heterocycles. The molecule has 0 aromatic carbocycles. The zero-order valence-corrected chi connectivity index (χ0v) is 15.0. The van der Waals surface area contributed by atoms with Crippen LogP contribution in [-0.4, -0.2) is 44.2 Å².